The minimum atomic E-state index is -1.17. The summed E-state index contributed by atoms with van der Waals surface area (Å²) in [6, 6.07) is 20.8. The molecule has 3 amide bonds. The molecule has 1 N–H and O–H groups in total. The Kier molecular flexibility index (Phi) is 6.88. The number of methoxy groups -OCH3 is 1. The van der Waals surface area contributed by atoms with E-state index in [4.69, 9.17) is 4.74 Å². The number of benzene rings is 3. The van der Waals surface area contributed by atoms with Gasteiger partial charge in [0.1, 0.15) is 6.04 Å². The molecule has 3 atom stereocenters. The summed E-state index contributed by atoms with van der Waals surface area (Å²) < 4.78 is 10.0. The lowest BCUT2D eigenvalue weighted by atomic mass is 9.55. The molecule has 3 aromatic carbocycles. The van der Waals surface area contributed by atoms with Crippen molar-refractivity contribution in [1.29, 1.82) is 0 Å². The highest BCUT2D eigenvalue weighted by atomic mass is 16.5. The van der Waals surface area contributed by atoms with Crippen molar-refractivity contribution in [2.45, 2.75) is 31.7 Å². The van der Waals surface area contributed by atoms with Gasteiger partial charge in [0.2, 0.25) is 11.8 Å². The Morgan fingerprint density at radius 2 is 1.26 bits per heavy atom. The number of likely N-dealkylation sites (tertiary alicyclic amines) is 1. The Labute approximate surface area is 242 Å². The van der Waals surface area contributed by atoms with Crippen molar-refractivity contribution in [3.8, 4) is 0 Å². The minimum Gasteiger partial charge on any atom is -0.465 e. The van der Waals surface area contributed by atoms with Crippen LogP contribution in [0.25, 0.3) is 0 Å². The fraction of sp³-hybridized carbons (Fsp3) is 0.303. The fourth-order valence-electron chi connectivity index (χ4n) is 6.88. The van der Waals surface area contributed by atoms with E-state index in [9.17, 15) is 24.0 Å². The monoisotopic (exact) mass is 566 g/mol. The van der Waals surface area contributed by atoms with Crippen LogP contribution in [-0.2, 0) is 28.7 Å². The summed E-state index contributed by atoms with van der Waals surface area (Å²) in [5, 5.41) is 2.60. The molecule has 3 aliphatic carbocycles. The third-order valence-electron chi connectivity index (χ3n) is 8.57. The molecule has 9 nitrogen and oxygen atoms in total. The first-order valence-electron chi connectivity index (χ1n) is 13.9. The normalized spacial score (nSPS) is 22.2. The molecule has 1 saturated heterocycles. The van der Waals surface area contributed by atoms with Gasteiger partial charge in [-0.1, -0.05) is 62.4 Å². The van der Waals surface area contributed by atoms with Crippen LogP contribution in [0.3, 0.4) is 0 Å². The quantitative estimate of drug-likeness (QED) is 0.341. The van der Waals surface area contributed by atoms with E-state index in [0.29, 0.717) is 11.3 Å². The van der Waals surface area contributed by atoms with Crippen molar-refractivity contribution in [3.63, 3.8) is 0 Å². The first-order chi connectivity index (χ1) is 20.2. The molecule has 2 bridgehead atoms. The van der Waals surface area contributed by atoms with Crippen LogP contribution in [0.15, 0.2) is 72.8 Å². The van der Waals surface area contributed by atoms with Crippen molar-refractivity contribution in [3.05, 3.63) is 101 Å². The second-order valence-corrected chi connectivity index (χ2v) is 11.2. The highest BCUT2D eigenvalue weighted by Gasteiger charge is 2.63. The van der Waals surface area contributed by atoms with Crippen LogP contribution in [0.5, 0.6) is 0 Å². The molecular weight excluding hydrogens is 536 g/mol. The molecule has 7 rings (SSSR count). The number of amides is 3. The summed E-state index contributed by atoms with van der Waals surface area (Å²) in [6.07, 6.45) is 0. The SMILES string of the molecule is COC(=O)c1ccc(NC(=O)COC(=O)[C@H](C(C)C)N2C(=O)[C@@H]3C4c5ccccc5C(c5ccccc54)[C@@H]3C2=O)cc1. The molecule has 0 aromatic heterocycles. The highest BCUT2D eigenvalue weighted by molar-refractivity contribution is 6.10. The number of rotatable bonds is 7. The van der Waals surface area contributed by atoms with Gasteiger partial charge in [-0.2, -0.15) is 0 Å². The average molecular weight is 567 g/mol. The lowest BCUT2D eigenvalue weighted by Crippen LogP contribution is -2.49. The molecule has 9 heteroatoms. The first-order valence-corrected chi connectivity index (χ1v) is 13.9. The third-order valence-corrected chi connectivity index (χ3v) is 8.57. The Morgan fingerprint density at radius 1 is 0.786 bits per heavy atom. The van der Waals surface area contributed by atoms with E-state index in [0.717, 1.165) is 27.2 Å². The van der Waals surface area contributed by atoms with E-state index in [1.807, 2.05) is 48.5 Å². The van der Waals surface area contributed by atoms with Gasteiger partial charge in [-0.25, -0.2) is 9.59 Å². The Bertz CT molecular complexity index is 1500. The molecule has 0 saturated carbocycles. The maximum atomic E-state index is 14.1. The molecule has 4 aliphatic rings. The molecule has 214 valence electrons. The number of nitrogens with one attached hydrogen (secondary N) is 1. The average Bonchev–Trinajstić information content (AvgIpc) is 3.26. The number of hydrogen-bond donors (Lipinski definition) is 1. The van der Waals surface area contributed by atoms with Crippen molar-refractivity contribution >= 4 is 35.3 Å². The molecule has 1 heterocycles. The standard InChI is InChI=1S/C33H30N2O7/c1-17(2)29(33(40)42-16-24(36)34-19-14-12-18(13-15-19)32(39)41-3)35-30(37)27-25-20-8-4-5-9-21(20)26(28(27)31(35)38)23-11-7-6-10-22(23)25/h4-15,17,25-29H,16H2,1-3H3,(H,34,36)/t25?,26?,27-,28+,29-/m0/s1. The van der Waals surface area contributed by atoms with E-state index in [1.165, 1.54) is 31.4 Å². The summed E-state index contributed by atoms with van der Waals surface area (Å²) in [6.45, 7) is 2.89. The second kappa shape index (κ2) is 10.6. The number of anilines is 1. The largest absolute Gasteiger partial charge is 0.465 e. The lowest BCUT2D eigenvalue weighted by molar-refractivity contribution is -0.162. The molecule has 0 unspecified atom stereocenters. The zero-order chi connectivity index (χ0) is 29.7. The number of hydrogen-bond acceptors (Lipinski definition) is 7. The summed E-state index contributed by atoms with van der Waals surface area (Å²) in [4.78, 5) is 66.8. The van der Waals surface area contributed by atoms with Crippen LogP contribution < -0.4 is 5.32 Å². The maximum absolute atomic E-state index is 14.1. The van der Waals surface area contributed by atoms with Gasteiger partial charge in [-0.15, -0.1) is 0 Å². The van der Waals surface area contributed by atoms with Gasteiger partial charge in [0.15, 0.2) is 6.61 Å². The first kappa shape index (κ1) is 27.4. The summed E-state index contributed by atoms with van der Waals surface area (Å²) in [7, 11) is 1.27. The summed E-state index contributed by atoms with van der Waals surface area (Å²) >= 11 is 0. The number of carbonyl (C=O) groups excluding carboxylic acids is 5. The molecule has 0 radical (unpaired) electrons. The third kappa shape index (κ3) is 4.27. The summed E-state index contributed by atoms with van der Waals surface area (Å²) in [5.41, 5.74) is 4.90. The number of ether oxygens (including phenoxy) is 2. The predicted molar refractivity (Wildman–Crippen MR) is 151 cm³/mol. The van der Waals surface area contributed by atoms with Gasteiger partial charge in [0.25, 0.3) is 5.91 Å². The second-order valence-electron chi connectivity index (χ2n) is 11.2. The van der Waals surface area contributed by atoms with E-state index < -0.39 is 48.2 Å². The number of imide groups is 1. The smallest absolute Gasteiger partial charge is 0.337 e. The van der Waals surface area contributed by atoms with Crippen molar-refractivity contribution in [2.75, 3.05) is 19.0 Å². The maximum Gasteiger partial charge on any atom is 0.337 e. The summed E-state index contributed by atoms with van der Waals surface area (Å²) in [5.74, 6) is -4.92. The van der Waals surface area contributed by atoms with Crippen LogP contribution in [0, 0.1) is 17.8 Å². The minimum absolute atomic E-state index is 0.283. The molecule has 42 heavy (non-hydrogen) atoms. The van der Waals surface area contributed by atoms with E-state index >= 15 is 0 Å². The van der Waals surface area contributed by atoms with Crippen LogP contribution >= 0.6 is 0 Å². The van der Waals surface area contributed by atoms with Crippen LogP contribution in [-0.4, -0.2) is 54.3 Å². The number of nitrogens with zero attached hydrogens (tertiary/aromatic N) is 1. The van der Waals surface area contributed by atoms with Gasteiger partial charge in [-0.3, -0.25) is 19.3 Å². The van der Waals surface area contributed by atoms with Crippen LogP contribution in [0.4, 0.5) is 5.69 Å². The Hall–Kier alpha value is -4.79. The molecule has 1 aliphatic heterocycles. The van der Waals surface area contributed by atoms with Gasteiger partial charge >= 0.3 is 11.9 Å². The predicted octanol–water partition coefficient (Wildman–Crippen LogP) is 3.87. The van der Waals surface area contributed by atoms with Crippen molar-refractivity contribution in [1.82, 2.24) is 4.90 Å². The Morgan fingerprint density at radius 3 is 1.69 bits per heavy atom. The van der Waals surface area contributed by atoms with Gasteiger partial charge < -0.3 is 14.8 Å². The fourth-order valence-corrected chi connectivity index (χ4v) is 6.88. The van der Waals surface area contributed by atoms with Crippen molar-refractivity contribution < 1.29 is 33.4 Å². The molecular formula is C33H30N2O7. The molecule has 3 aromatic rings. The zero-order valence-corrected chi connectivity index (χ0v) is 23.4. The van der Waals surface area contributed by atoms with E-state index in [-0.39, 0.29) is 23.7 Å². The van der Waals surface area contributed by atoms with Crippen molar-refractivity contribution in [2.24, 2.45) is 17.8 Å². The highest BCUT2D eigenvalue weighted by Crippen LogP contribution is 2.61. The molecule has 1 fully saturated rings. The van der Waals surface area contributed by atoms with Gasteiger partial charge in [0, 0.05) is 17.5 Å². The molecule has 0 spiro atoms. The Balaban J connectivity index is 1.21. The zero-order valence-electron chi connectivity index (χ0n) is 23.4. The van der Waals surface area contributed by atoms with Gasteiger partial charge in [0.05, 0.1) is 24.5 Å². The van der Waals surface area contributed by atoms with Crippen LogP contribution in [0.2, 0.25) is 0 Å². The number of esters is 2. The van der Waals surface area contributed by atoms with E-state index in [1.54, 1.807) is 13.8 Å². The lowest BCUT2D eigenvalue weighted by Gasteiger charge is -2.45. The topological polar surface area (TPSA) is 119 Å². The van der Waals surface area contributed by atoms with E-state index in [2.05, 4.69) is 10.1 Å². The van der Waals surface area contributed by atoms with Crippen LogP contribution in [0.1, 0.15) is 58.3 Å². The number of carbonyl (C=O) groups is 5. The van der Waals surface area contributed by atoms with Gasteiger partial charge in [-0.05, 0) is 52.4 Å².